The molecule has 2 heterocycles. The Morgan fingerprint density at radius 1 is 1.46 bits per heavy atom. The highest BCUT2D eigenvalue weighted by Crippen LogP contribution is 2.13. The van der Waals surface area contributed by atoms with Crippen molar-refractivity contribution < 1.29 is 0 Å². The molecule has 4 heteroatoms. The third-order valence-electron chi connectivity index (χ3n) is 2.51. The van der Waals surface area contributed by atoms with Crippen molar-refractivity contribution in [1.29, 1.82) is 0 Å². The highest BCUT2D eigenvalue weighted by atomic mass is 15.2. The molecule has 0 saturated carbocycles. The smallest absolute Gasteiger partial charge is 0.0900 e. The van der Waals surface area contributed by atoms with Crippen molar-refractivity contribution in [2.75, 3.05) is 26.2 Å². The van der Waals surface area contributed by atoms with Gasteiger partial charge in [0.15, 0.2) is 0 Å². The number of hydrogen-bond donors (Lipinski definition) is 2. The second-order valence-electron chi connectivity index (χ2n) is 3.43. The lowest BCUT2D eigenvalue weighted by molar-refractivity contribution is 0.283. The SMILES string of the molecule is CC1N=CNC=C1N1CCNCC1. The number of hydrogen-bond acceptors (Lipinski definition) is 4. The van der Waals surface area contributed by atoms with E-state index in [-0.39, 0.29) is 0 Å². The zero-order chi connectivity index (χ0) is 9.10. The molecule has 2 rings (SSSR count). The van der Waals surface area contributed by atoms with Crippen molar-refractivity contribution in [3.05, 3.63) is 11.9 Å². The summed E-state index contributed by atoms with van der Waals surface area (Å²) >= 11 is 0. The second-order valence-corrected chi connectivity index (χ2v) is 3.43. The first kappa shape index (κ1) is 8.56. The van der Waals surface area contributed by atoms with E-state index in [1.54, 1.807) is 6.34 Å². The normalized spacial score (nSPS) is 28.2. The van der Waals surface area contributed by atoms with Gasteiger partial charge < -0.3 is 15.5 Å². The minimum absolute atomic E-state index is 0.305. The van der Waals surface area contributed by atoms with E-state index in [0.29, 0.717) is 6.04 Å². The Morgan fingerprint density at radius 2 is 2.23 bits per heavy atom. The molecule has 1 saturated heterocycles. The van der Waals surface area contributed by atoms with E-state index in [0.717, 1.165) is 26.2 Å². The first-order valence-corrected chi connectivity index (χ1v) is 4.81. The van der Waals surface area contributed by atoms with Crippen LogP contribution in [-0.2, 0) is 0 Å². The number of nitrogens with zero attached hydrogens (tertiary/aromatic N) is 2. The molecule has 2 aliphatic heterocycles. The maximum absolute atomic E-state index is 4.32. The van der Waals surface area contributed by atoms with E-state index >= 15 is 0 Å². The van der Waals surface area contributed by atoms with Crippen molar-refractivity contribution in [2.24, 2.45) is 4.99 Å². The van der Waals surface area contributed by atoms with Gasteiger partial charge in [-0.2, -0.15) is 0 Å². The summed E-state index contributed by atoms with van der Waals surface area (Å²) in [7, 11) is 0. The lowest BCUT2D eigenvalue weighted by atomic mass is 10.2. The molecule has 13 heavy (non-hydrogen) atoms. The Morgan fingerprint density at radius 3 is 2.92 bits per heavy atom. The molecule has 2 N–H and O–H groups in total. The van der Waals surface area contributed by atoms with Gasteiger partial charge in [-0.1, -0.05) is 0 Å². The zero-order valence-corrected chi connectivity index (χ0v) is 7.95. The average molecular weight is 180 g/mol. The molecule has 1 fully saturated rings. The van der Waals surface area contributed by atoms with Crippen LogP contribution >= 0.6 is 0 Å². The van der Waals surface area contributed by atoms with Crippen molar-refractivity contribution in [3.8, 4) is 0 Å². The summed E-state index contributed by atoms with van der Waals surface area (Å²) in [5.74, 6) is 0. The molecule has 1 atom stereocenters. The summed E-state index contributed by atoms with van der Waals surface area (Å²) in [5, 5.41) is 6.39. The van der Waals surface area contributed by atoms with Crippen molar-refractivity contribution in [3.63, 3.8) is 0 Å². The van der Waals surface area contributed by atoms with Gasteiger partial charge in [0.1, 0.15) is 0 Å². The molecular weight excluding hydrogens is 164 g/mol. The van der Waals surface area contributed by atoms with Crippen molar-refractivity contribution in [2.45, 2.75) is 13.0 Å². The quantitative estimate of drug-likeness (QED) is 0.584. The minimum atomic E-state index is 0.305. The second kappa shape index (κ2) is 3.79. The highest BCUT2D eigenvalue weighted by Gasteiger charge is 2.18. The molecule has 1 unspecified atom stereocenters. The molecule has 0 amide bonds. The molecule has 0 aromatic carbocycles. The van der Waals surface area contributed by atoms with Crippen LogP contribution in [0.25, 0.3) is 0 Å². The lowest BCUT2D eigenvalue weighted by Crippen LogP contribution is -2.45. The van der Waals surface area contributed by atoms with E-state index < -0.39 is 0 Å². The van der Waals surface area contributed by atoms with Crippen LogP contribution in [0.1, 0.15) is 6.92 Å². The van der Waals surface area contributed by atoms with Crippen LogP contribution in [0, 0.1) is 0 Å². The predicted molar refractivity (Wildman–Crippen MR) is 53.6 cm³/mol. The molecule has 0 aliphatic carbocycles. The molecule has 2 aliphatic rings. The van der Waals surface area contributed by atoms with Gasteiger partial charge in [0, 0.05) is 32.4 Å². The average Bonchev–Trinajstić information content (AvgIpc) is 2.20. The summed E-state index contributed by atoms with van der Waals surface area (Å²) in [5.41, 5.74) is 1.31. The van der Waals surface area contributed by atoms with Crippen LogP contribution in [-0.4, -0.2) is 43.5 Å². The van der Waals surface area contributed by atoms with Crippen molar-refractivity contribution >= 4 is 6.34 Å². The topological polar surface area (TPSA) is 39.7 Å². The minimum Gasteiger partial charge on any atom is -0.369 e. The summed E-state index contributed by atoms with van der Waals surface area (Å²) in [4.78, 5) is 6.71. The van der Waals surface area contributed by atoms with Crippen LogP contribution in [0.4, 0.5) is 0 Å². The van der Waals surface area contributed by atoms with E-state index in [9.17, 15) is 0 Å². The summed E-state index contributed by atoms with van der Waals surface area (Å²) in [6.45, 7) is 6.47. The number of piperazine rings is 1. The molecule has 0 bridgehead atoms. The fraction of sp³-hybridized carbons (Fsp3) is 0.667. The lowest BCUT2D eigenvalue weighted by Gasteiger charge is -2.34. The van der Waals surface area contributed by atoms with Crippen molar-refractivity contribution in [1.82, 2.24) is 15.5 Å². The van der Waals surface area contributed by atoms with Crippen LogP contribution < -0.4 is 10.6 Å². The van der Waals surface area contributed by atoms with Gasteiger partial charge in [-0.05, 0) is 6.92 Å². The Kier molecular flexibility index (Phi) is 2.49. The molecule has 0 radical (unpaired) electrons. The van der Waals surface area contributed by atoms with E-state index in [4.69, 9.17) is 0 Å². The molecule has 0 aromatic heterocycles. The highest BCUT2D eigenvalue weighted by molar-refractivity contribution is 5.58. The molecule has 0 aromatic rings. The van der Waals surface area contributed by atoms with Gasteiger partial charge in [-0.3, -0.25) is 4.99 Å². The Hall–Kier alpha value is -1.03. The molecule has 0 spiro atoms. The van der Waals surface area contributed by atoms with Gasteiger partial charge >= 0.3 is 0 Å². The fourth-order valence-electron chi connectivity index (χ4n) is 1.75. The summed E-state index contributed by atoms with van der Waals surface area (Å²) < 4.78 is 0. The number of nitrogens with one attached hydrogen (secondary N) is 2. The largest absolute Gasteiger partial charge is 0.369 e. The third-order valence-corrected chi connectivity index (χ3v) is 2.51. The van der Waals surface area contributed by atoms with Gasteiger partial charge in [-0.15, -0.1) is 0 Å². The molecule has 4 nitrogen and oxygen atoms in total. The standard InChI is InChI=1S/C9H16N4/c1-8-9(6-11-7-12-8)13-4-2-10-3-5-13/h6-8,10H,2-5H2,1H3,(H,11,12). The molecular formula is C9H16N4. The summed E-state index contributed by atoms with van der Waals surface area (Å²) in [6.07, 6.45) is 3.82. The number of rotatable bonds is 1. The first-order chi connectivity index (χ1) is 6.38. The first-order valence-electron chi connectivity index (χ1n) is 4.81. The van der Waals surface area contributed by atoms with Gasteiger partial charge in [-0.25, -0.2) is 0 Å². The van der Waals surface area contributed by atoms with E-state index in [1.165, 1.54) is 5.70 Å². The van der Waals surface area contributed by atoms with Gasteiger partial charge in [0.05, 0.1) is 18.1 Å². The maximum atomic E-state index is 4.32. The van der Waals surface area contributed by atoms with Crippen LogP contribution in [0.2, 0.25) is 0 Å². The molecule has 72 valence electrons. The number of aliphatic imine (C=N–C) groups is 1. The predicted octanol–water partition coefficient (Wildman–Crippen LogP) is -0.247. The Bertz CT molecular complexity index is 228. The monoisotopic (exact) mass is 180 g/mol. The van der Waals surface area contributed by atoms with Crippen LogP contribution in [0.15, 0.2) is 16.9 Å². The van der Waals surface area contributed by atoms with Gasteiger partial charge in [0.25, 0.3) is 0 Å². The van der Waals surface area contributed by atoms with E-state index in [1.807, 2.05) is 0 Å². The zero-order valence-electron chi connectivity index (χ0n) is 7.95. The van der Waals surface area contributed by atoms with Gasteiger partial charge in [0.2, 0.25) is 0 Å². The maximum Gasteiger partial charge on any atom is 0.0900 e. The van der Waals surface area contributed by atoms with E-state index in [2.05, 4.69) is 33.6 Å². The summed E-state index contributed by atoms with van der Waals surface area (Å²) in [6, 6.07) is 0.305. The third kappa shape index (κ3) is 1.83. The fourth-order valence-corrected chi connectivity index (χ4v) is 1.75. The Balaban J connectivity index is 2.01. The van der Waals surface area contributed by atoms with Crippen LogP contribution in [0.3, 0.4) is 0 Å². The Labute approximate surface area is 78.7 Å². The van der Waals surface area contributed by atoms with Crippen LogP contribution in [0.5, 0.6) is 0 Å².